The molecule has 0 radical (unpaired) electrons. The number of thioether (sulfide) groups is 1. The number of amides is 1. The van der Waals surface area contributed by atoms with Gasteiger partial charge in [-0.2, -0.15) is 0 Å². The van der Waals surface area contributed by atoms with Crippen LogP contribution in [0.15, 0.2) is 65.6 Å². The molecule has 2 aromatic rings. The van der Waals surface area contributed by atoms with Crippen LogP contribution in [0.5, 0.6) is 0 Å². The Labute approximate surface area is 142 Å². The minimum atomic E-state index is 0.0390. The fourth-order valence-corrected chi connectivity index (χ4v) is 2.80. The summed E-state index contributed by atoms with van der Waals surface area (Å²) in [6.07, 6.45) is 6.20. The van der Waals surface area contributed by atoms with Gasteiger partial charge in [0, 0.05) is 4.90 Å². The first-order valence-electron chi connectivity index (χ1n) is 7.65. The molecule has 1 amide bonds. The van der Waals surface area contributed by atoms with Crippen LogP contribution in [0.25, 0.3) is 6.08 Å². The zero-order valence-corrected chi connectivity index (χ0v) is 14.4. The van der Waals surface area contributed by atoms with Crippen LogP contribution in [0.1, 0.15) is 5.56 Å². The van der Waals surface area contributed by atoms with Gasteiger partial charge in [0.05, 0.1) is 19.3 Å². The van der Waals surface area contributed by atoms with E-state index in [0.29, 0.717) is 6.54 Å². The van der Waals surface area contributed by atoms with Crippen molar-refractivity contribution >= 4 is 29.4 Å². The van der Waals surface area contributed by atoms with Crippen LogP contribution in [-0.4, -0.2) is 32.3 Å². The fourth-order valence-electron chi connectivity index (χ4n) is 2.25. The van der Waals surface area contributed by atoms with E-state index in [9.17, 15) is 4.79 Å². The summed E-state index contributed by atoms with van der Waals surface area (Å²) in [6.45, 7) is 1.26. The third-order valence-corrected chi connectivity index (χ3v) is 4.22. The van der Waals surface area contributed by atoms with Gasteiger partial charge in [-0.15, -0.1) is 11.8 Å². The third kappa shape index (κ3) is 5.93. The van der Waals surface area contributed by atoms with Crippen LogP contribution in [-0.2, 0) is 4.79 Å². The highest BCUT2D eigenvalue weighted by Crippen LogP contribution is 2.24. The van der Waals surface area contributed by atoms with Gasteiger partial charge in [0.2, 0.25) is 0 Å². The molecular weight excluding hydrogens is 304 g/mol. The number of quaternary nitrogens is 1. The maximum atomic E-state index is 12.2. The number of anilines is 1. The lowest BCUT2D eigenvalue weighted by Gasteiger charge is -2.13. The van der Waals surface area contributed by atoms with E-state index in [1.165, 1.54) is 5.56 Å². The second kappa shape index (κ2) is 9.18. The standard InChI is InChI=1S/C19H22N2OS/c1-21(14-8-11-16-9-4-3-5-10-16)15-19(22)20-17-12-6-7-13-18(17)23-2/h3-13H,14-15H2,1-2H3,(H,20,22)/p+1/b11-8+. The molecule has 0 bridgehead atoms. The average Bonchev–Trinajstić information content (AvgIpc) is 2.56. The molecule has 0 aliphatic rings. The largest absolute Gasteiger partial charge is 0.326 e. The maximum absolute atomic E-state index is 12.2. The minimum Gasteiger partial charge on any atom is -0.326 e. The van der Waals surface area contributed by atoms with Crippen LogP contribution in [0.3, 0.4) is 0 Å². The first-order chi connectivity index (χ1) is 11.2. The van der Waals surface area contributed by atoms with E-state index in [1.54, 1.807) is 11.8 Å². The summed E-state index contributed by atoms with van der Waals surface area (Å²) in [7, 11) is 2.02. The van der Waals surface area contributed by atoms with Crippen LogP contribution >= 0.6 is 11.8 Å². The number of rotatable bonds is 7. The van der Waals surface area contributed by atoms with Crippen molar-refractivity contribution in [3.05, 3.63) is 66.2 Å². The van der Waals surface area contributed by atoms with E-state index >= 15 is 0 Å². The minimum absolute atomic E-state index is 0.0390. The van der Waals surface area contributed by atoms with E-state index < -0.39 is 0 Å². The zero-order valence-electron chi connectivity index (χ0n) is 13.6. The Balaban J connectivity index is 1.81. The predicted molar refractivity (Wildman–Crippen MR) is 98.9 cm³/mol. The van der Waals surface area contributed by atoms with Gasteiger partial charge in [-0.1, -0.05) is 48.5 Å². The molecule has 2 rings (SSSR count). The van der Waals surface area contributed by atoms with Gasteiger partial charge >= 0.3 is 0 Å². The number of carbonyl (C=O) groups is 1. The van der Waals surface area contributed by atoms with Crippen molar-refractivity contribution in [1.82, 2.24) is 0 Å². The molecule has 0 aliphatic carbocycles. The molecule has 0 fully saturated rings. The van der Waals surface area contributed by atoms with Crippen LogP contribution < -0.4 is 10.2 Å². The monoisotopic (exact) mass is 327 g/mol. The number of carbonyl (C=O) groups excluding carboxylic acids is 1. The highest BCUT2D eigenvalue weighted by atomic mass is 32.2. The first kappa shape index (κ1) is 17.3. The molecule has 0 saturated carbocycles. The Hall–Kier alpha value is -2.04. The maximum Gasteiger partial charge on any atom is 0.279 e. The van der Waals surface area contributed by atoms with Crippen LogP contribution in [0, 0.1) is 0 Å². The summed E-state index contributed by atoms with van der Waals surface area (Å²) in [5, 5.41) is 3.00. The number of likely N-dealkylation sites (N-methyl/N-ethyl adjacent to an activating group) is 1. The van der Waals surface area contributed by atoms with E-state index in [1.807, 2.05) is 55.8 Å². The van der Waals surface area contributed by atoms with E-state index in [2.05, 4.69) is 29.6 Å². The molecule has 0 spiro atoms. The van der Waals surface area contributed by atoms with Gasteiger partial charge in [-0.25, -0.2) is 0 Å². The molecule has 1 unspecified atom stereocenters. The van der Waals surface area contributed by atoms with Crippen molar-refractivity contribution < 1.29 is 9.69 Å². The summed E-state index contributed by atoms with van der Waals surface area (Å²) in [5.41, 5.74) is 2.07. The number of hydrogen-bond donors (Lipinski definition) is 2. The molecule has 120 valence electrons. The zero-order chi connectivity index (χ0) is 16.5. The third-order valence-electron chi connectivity index (χ3n) is 3.42. The Morgan fingerprint density at radius 3 is 2.57 bits per heavy atom. The summed E-state index contributed by atoms with van der Waals surface area (Å²) in [4.78, 5) is 14.4. The second-order valence-corrected chi connectivity index (χ2v) is 6.25. The lowest BCUT2D eigenvalue weighted by molar-refractivity contribution is -0.864. The second-order valence-electron chi connectivity index (χ2n) is 5.40. The molecule has 3 nitrogen and oxygen atoms in total. The van der Waals surface area contributed by atoms with E-state index in [4.69, 9.17) is 0 Å². The smallest absolute Gasteiger partial charge is 0.279 e. The summed E-state index contributed by atoms with van der Waals surface area (Å²) >= 11 is 1.64. The number of hydrogen-bond acceptors (Lipinski definition) is 2. The van der Waals surface area contributed by atoms with Crippen molar-refractivity contribution in [2.24, 2.45) is 0 Å². The normalized spacial score (nSPS) is 12.3. The fraction of sp³-hybridized carbons (Fsp3) is 0.211. The van der Waals surface area contributed by atoms with E-state index in [0.717, 1.165) is 22.0 Å². The number of nitrogens with one attached hydrogen (secondary N) is 2. The molecule has 0 saturated heterocycles. The molecule has 2 N–H and O–H groups in total. The predicted octanol–water partition coefficient (Wildman–Crippen LogP) is 2.58. The average molecular weight is 327 g/mol. The molecular formula is C19H23N2OS+. The molecule has 1 atom stereocenters. The number of para-hydroxylation sites is 1. The Morgan fingerprint density at radius 2 is 1.83 bits per heavy atom. The van der Waals surface area contributed by atoms with Crippen LogP contribution in [0.2, 0.25) is 0 Å². The van der Waals surface area contributed by atoms with Crippen molar-refractivity contribution in [1.29, 1.82) is 0 Å². The van der Waals surface area contributed by atoms with E-state index in [-0.39, 0.29) is 5.91 Å². The molecule has 4 heteroatoms. The molecule has 0 heterocycles. The summed E-state index contributed by atoms with van der Waals surface area (Å²) in [6, 6.07) is 18.1. The topological polar surface area (TPSA) is 33.5 Å². The van der Waals surface area contributed by atoms with Crippen LogP contribution in [0.4, 0.5) is 5.69 Å². The van der Waals surface area contributed by atoms with Gasteiger partial charge < -0.3 is 10.2 Å². The lowest BCUT2D eigenvalue weighted by atomic mass is 10.2. The number of benzene rings is 2. The SMILES string of the molecule is CSc1ccccc1NC(=O)C[NH+](C)C/C=C/c1ccccc1. The molecule has 0 aliphatic heterocycles. The van der Waals surface area contributed by atoms with Crippen molar-refractivity contribution in [2.75, 3.05) is 31.7 Å². The highest BCUT2D eigenvalue weighted by molar-refractivity contribution is 7.98. The van der Waals surface area contributed by atoms with Gasteiger partial charge in [0.25, 0.3) is 5.91 Å². The van der Waals surface area contributed by atoms with Crippen molar-refractivity contribution in [2.45, 2.75) is 4.90 Å². The summed E-state index contributed by atoms with van der Waals surface area (Å²) in [5.74, 6) is 0.0390. The van der Waals surface area contributed by atoms with Gasteiger partial charge in [-0.3, -0.25) is 4.79 Å². The molecule has 2 aromatic carbocycles. The van der Waals surface area contributed by atoms with Gasteiger partial charge in [0.15, 0.2) is 6.54 Å². The Kier molecular flexibility index (Phi) is 6.91. The lowest BCUT2D eigenvalue weighted by Crippen LogP contribution is -3.09. The molecule has 23 heavy (non-hydrogen) atoms. The van der Waals surface area contributed by atoms with Gasteiger partial charge in [-0.05, 0) is 30.0 Å². The quantitative estimate of drug-likeness (QED) is 0.767. The van der Waals surface area contributed by atoms with Gasteiger partial charge in [0.1, 0.15) is 0 Å². The van der Waals surface area contributed by atoms with Crippen molar-refractivity contribution in [3.8, 4) is 0 Å². The highest BCUT2D eigenvalue weighted by Gasteiger charge is 2.10. The van der Waals surface area contributed by atoms with Crippen molar-refractivity contribution in [3.63, 3.8) is 0 Å². The first-order valence-corrected chi connectivity index (χ1v) is 8.87. The summed E-state index contributed by atoms with van der Waals surface area (Å²) < 4.78 is 0. The Morgan fingerprint density at radius 1 is 1.13 bits per heavy atom. The molecule has 0 aromatic heterocycles. The Bertz CT molecular complexity index is 655.